The van der Waals surface area contributed by atoms with Gasteiger partial charge < -0.3 is 0 Å². The molecule has 2 heterocycles. The first-order chi connectivity index (χ1) is 8.93. The van der Waals surface area contributed by atoms with Gasteiger partial charge in [0.15, 0.2) is 11.6 Å². The number of hydrogen-bond acceptors (Lipinski definition) is 5. The topological polar surface area (TPSA) is 78.5 Å². The minimum Gasteiger partial charge on any atom is -0.243 e. The van der Waals surface area contributed by atoms with E-state index in [1.54, 1.807) is 0 Å². The summed E-state index contributed by atoms with van der Waals surface area (Å²) in [4.78, 5) is 19.9. The third-order valence-corrected chi connectivity index (χ3v) is 2.68. The number of carbonyl (C=O) groups excluding carboxylic acids is 1. The van der Waals surface area contributed by atoms with E-state index >= 15 is 0 Å². The Labute approximate surface area is 123 Å². The summed E-state index contributed by atoms with van der Waals surface area (Å²) in [5, 5.41) is 7.75. The summed E-state index contributed by atoms with van der Waals surface area (Å²) < 4.78 is 0.0478. The molecule has 0 amide bonds. The second kappa shape index (κ2) is 5.44. The molecule has 0 bridgehead atoms. The zero-order valence-corrected chi connectivity index (χ0v) is 12.1. The lowest BCUT2D eigenvalue weighted by molar-refractivity contribution is 0.237. The molecule has 102 valence electrons. The highest BCUT2D eigenvalue weighted by molar-refractivity contribution is 6.66. The molecule has 0 radical (unpaired) electrons. The molecule has 19 heavy (non-hydrogen) atoms. The Hall–Kier alpha value is -1.18. The van der Waals surface area contributed by atoms with Gasteiger partial charge in [-0.2, -0.15) is 14.5 Å². The van der Waals surface area contributed by atoms with E-state index in [9.17, 15) is 4.79 Å². The Kier molecular flexibility index (Phi) is 4.07. The molecule has 2 aromatic rings. The molecule has 2 rings (SSSR count). The Balaban J connectivity index is 2.46. The van der Waals surface area contributed by atoms with E-state index in [0.717, 1.165) is 15.8 Å². The number of halogens is 3. The van der Waals surface area contributed by atoms with Crippen LogP contribution in [0.4, 0.5) is 4.79 Å². The fourth-order valence-electron chi connectivity index (χ4n) is 1.41. The van der Waals surface area contributed by atoms with Crippen LogP contribution >= 0.6 is 34.8 Å². The van der Waals surface area contributed by atoms with Gasteiger partial charge in [0.2, 0.25) is 3.79 Å². The number of hydrogen-bond donors (Lipinski definition) is 0. The summed E-state index contributed by atoms with van der Waals surface area (Å²) in [5.41, 5.74) is 0. The highest BCUT2D eigenvalue weighted by Gasteiger charge is 2.33. The lowest BCUT2D eigenvalue weighted by atomic mass is 10.3. The Morgan fingerprint density at radius 1 is 1.42 bits per heavy atom. The van der Waals surface area contributed by atoms with Crippen molar-refractivity contribution in [3.8, 4) is 0 Å². The first kappa shape index (κ1) is 14.2. The maximum Gasteiger partial charge on any atom is 0.372 e. The predicted octanol–water partition coefficient (Wildman–Crippen LogP) is 2.17. The van der Waals surface area contributed by atoms with Gasteiger partial charge in [0.1, 0.15) is 12.7 Å². The highest BCUT2D eigenvalue weighted by Crippen LogP contribution is 2.37. The predicted molar refractivity (Wildman–Crippen MR) is 69.5 cm³/mol. The SMILES string of the molecule is CCCc1nc(C(Cl)(Cl)Cl)n(C(=O)n2cncn2)n1. The number of carbonyl (C=O) groups is 1. The van der Waals surface area contributed by atoms with Gasteiger partial charge in [-0.15, -0.1) is 5.10 Å². The molecule has 0 atom stereocenters. The van der Waals surface area contributed by atoms with Crippen molar-refractivity contribution in [3.63, 3.8) is 0 Å². The van der Waals surface area contributed by atoms with Crippen molar-refractivity contribution >= 4 is 40.8 Å². The number of nitrogens with zero attached hydrogens (tertiary/aromatic N) is 6. The van der Waals surface area contributed by atoms with Crippen LogP contribution in [0.1, 0.15) is 25.0 Å². The second-order valence-electron chi connectivity index (χ2n) is 3.63. The molecule has 2 aromatic heterocycles. The van der Waals surface area contributed by atoms with E-state index in [0.29, 0.717) is 12.2 Å². The van der Waals surface area contributed by atoms with E-state index in [4.69, 9.17) is 34.8 Å². The van der Waals surface area contributed by atoms with Crippen LogP contribution in [0.15, 0.2) is 12.7 Å². The lowest BCUT2D eigenvalue weighted by Crippen LogP contribution is -2.26. The summed E-state index contributed by atoms with van der Waals surface area (Å²) in [6.07, 6.45) is 3.83. The minimum absolute atomic E-state index is 0.0681. The van der Waals surface area contributed by atoms with Gasteiger partial charge in [-0.1, -0.05) is 41.7 Å². The van der Waals surface area contributed by atoms with Crippen LogP contribution in [-0.2, 0) is 10.2 Å². The molecule has 0 saturated heterocycles. The Morgan fingerprint density at radius 3 is 2.68 bits per heavy atom. The Morgan fingerprint density at radius 2 is 2.16 bits per heavy atom. The third kappa shape index (κ3) is 3.05. The van der Waals surface area contributed by atoms with Crippen LogP contribution < -0.4 is 0 Å². The van der Waals surface area contributed by atoms with Crippen LogP contribution in [0, 0.1) is 0 Å². The van der Waals surface area contributed by atoms with Gasteiger partial charge in [0.25, 0.3) is 0 Å². The molecule has 0 N–H and O–H groups in total. The second-order valence-corrected chi connectivity index (χ2v) is 5.92. The van der Waals surface area contributed by atoms with Crippen LogP contribution in [-0.4, -0.2) is 35.6 Å². The van der Waals surface area contributed by atoms with Gasteiger partial charge >= 0.3 is 6.03 Å². The number of aromatic nitrogens is 6. The maximum absolute atomic E-state index is 12.1. The van der Waals surface area contributed by atoms with Crippen LogP contribution in [0.25, 0.3) is 0 Å². The summed E-state index contributed by atoms with van der Waals surface area (Å²) in [6, 6.07) is -0.617. The zero-order valence-electron chi connectivity index (χ0n) is 9.79. The van der Waals surface area contributed by atoms with E-state index in [-0.39, 0.29) is 5.82 Å². The third-order valence-electron chi connectivity index (χ3n) is 2.17. The van der Waals surface area contributed by atoms with Crippen LogP contribution in [0.5, 0.6) is 0 Å². The monoisotopic (exact) mass is 322 g/mol. The van der Waals surface area contributed by atoms with Crippen LogP contribution in [0.3, 0.4) is 0 Å². The minimum atomic E-state index is -1.85. The van der Waals surface area contributed by atoms with Gasteiger partial charge in [-0.25, -0.2) is 14.8 Å². The molecule has 7 nitrogen and oxygen atoms in total. The number of rotatable bonds is 2. The molecule has 0 aliphatic carbocycles. The molecule has 10 heteroatoms. The van der Waals surface area contributed by atoms with Crippen molar-refractivity contribution in [3.05, 3.63) is 24.3 Å². The fourth-order valence-corrected chi connectivity index (χ4v) is 1.77. The maximum atomic E-state index is 12.1. The molecule has 0 spiro atoms. The van der Waals surface area contributed by atoms with Crippen LogP contribution in [0.2, 0.25) is 0 Å². The van der Waals surface area contributed by atoms with E-state index in [1.165, 1.54) is 12.7 Å². The summed E-state index contributed by atoms with van der Waals surface area (Å²) >= 11 is 17.4. The number of alkyl halides is 3. The first-order valence-electron chi connectivity index (χ1n) is 5.36. The molecule has 0 fully saturated rings. The van der Waals surface area contributed by atoms with E-state index in [1.807, 2.05) is 6.92 Å². The average molecular weight is 324 g/mol. The first-order valence-corrected chi connectivity index (χ1v) is 6.49. The highest BCUT2D eigenvalue weighted by atomic mass is 35.6. The lowest BCUT2D eigenvalue weighted by Gasteiger charge is -2.10. The van der Waals surface area contributed by atoms with Crippen molar-refractivity contribution in [1.29, 1.82) is 0 Å². The van der Waals surface area contributed by atoms with E-state index in [2.05, 4.69) is 20.2 Å². The summed E-state index contributed by atoms with van der Waals surface area (Å²) in [5.74, 6) is 0.360. The van der Waals surface area contributed by atoms with Crippen molar-refractivity contribution in [1.82, 2.24) is 29.5 Å². The Bertz CT molecular complexity index is 573. The molecule has 0 aliphatic rings. The summed E-state index contributed by atoms with van der Waals surface area (Å²) in [7, 11) is 0. The van der Waals surface area contributed by atoms with Crippen molar-refractivity contribution in [2.24, 2.45) is 0 Å². The average Bonchev–Trinajstić information content (AvgIpc) is 2.96. The van der Waals surface area contributed by atoms with Gasteiger partial charge in [0.05, 0.1) is 0 Å². The van der Waals surface area contributed by atoms with E-state index < -0.39 is 9.82 Å². The number of aryl methyl sites for hydroxylation is 1. The molecule has 0 saturated carbocycles. The van der Waals surface area contributed by atoms with Gasteiger partial charge in [-0.05, 0) is 6.42 Å². The fraction of sp³-hybridized carbons (Fsp3) is 0.444. The molecule has 0 unspecified atom stereocenters. The largest absolute Gasteiger partial charge is 0.372 e. The van der Waals surface area contributed by atoms with Gasteiger partial charge in [0, 0.05) is 6.42 Å². The van der Waals surface area contributed by atoms with Gasteiger partial charge in [-0.3, -0.25) is 0 Å². The quantitative estimate of drug-likeness (QED) is 0.791. The molecule has 0 aromatic carbocycles. The van der Waals surface area contributed by atoms with Crippen molar-refractivity contribution in [2.75, 3.05) is 0 Å². The summed E-state index contributed by atoms with van der Waals surface area (Å²) in [6.45, 7) is 1.95. The molecule has 0 aliphatic heterocycles. The standard InChI is InChI=1S/C9H9Cl3N6O/c1-2-3-6-15-7(9(10,11)12)18(16-6)8(19)17-5-13-4-14-17/h4-5H,2-3H2,1H3. The van der Waals surface area contributed by atoms with Crippen molar-refractivity contribution in [2.45, 2.75) is 23.6 Å². The smallest absolute Gasteiger partial charge is 0.243 e. The normalized spacial score (nSPS) is 11.8. The van der Waals surface area contributed by atoms with Crippen molar-refractivity contribution < 1.29 is 4.79 Å². The molecular weight excluding hydrogens is 314 g/mol. The molecular formula is C9H9Cl3N6O. The zero-order chi connectivity index (χ0) is 14.0.